The molecule has 0 spiro atoms. The van der Waals surface area contributed by atoms with Crippen molar-refractivity contribution in [3.8, 4) is 11.4 Å². The van der Waals surface area contributed by atoms with E-state index in [0.29, 0.717) is 43.2 Å². The molecule has 9 nitrogen and oxygen atoms in total. The van der Waals surface area contributed by atoms with Crippen molar-refractivity contribution in [2.45, 2.75) is 30.6 Å². The Balaban J connectivity index is 1.26. The van der Waals surface area contributed by atoms with Crippen LogP contribution in [-0.4, -0.2) is 53.5 Å². The molecule has 3 aromatic rings. The molecule has 162 valence electrons. The van der Waals surface area contributed by atoms with E-state index in [1.807, 2.05) is 6.07 Å². The minimum absolute atomic E-state index is 0.178. The molecular weight excluding hydrogens is 420 g/mol. The molecule has 10 heteroatoms. The van der Waals surface area contributed by atoms with E-state index in [1.54, 1.807) is 18.5 Å². The van der Waals surface area contributed by atoms with Crippen LogP contribution in [0.5, 0.6) is 0 Å². The highest BCUT2D eigenvalue weighted by Crippen LogP contribution is 2.21. The van der Waals surface area contributed by atoms with Gasteiger partial charge in [-0.1, -0.05) is 5.16 Å². The van der Waals surface area contributed by atoms with Gasteiger partial charge in [-0.25, -0.2) is 13.2 Å². The summed E-state index contributed by atoms with van der Waals surface area (Å²) in [4.78, 5) is 20.7. The second kappa shape index (κ2) is 9.36. The molecule has 1 saturated heterocycles. The van der Waals surface area contributed by atoms with Gasteiger partial charge in [0, 0.05) is 37.5 Å². The Hall–Kier alpha value is -3.11. The first-order chi connectivity index (χ1) is 15.0. The number of sulfonamides is 1. The Bertz CT molecular complexity index is 1120. The lowest BCUT2D eigenvalue weighted by Gasteiger charge is -2.15. The molecular formula is C21H22N4O5S. The van der Waals surface area contributed by atoms with Gasteiger partial charge in [0.1, 0.15) is 0 Å². The topological polar surface area (TPSA) is 115 Å². The molecule has 0 bridgehead atoms. The van der Waals surface area contributed by atoms with Crippen molar-refractivity contribution in [3.05, 3.63) is 60.2 Å². The SMILES string of the molecule is O=C(OCCCc1nc(-c2cccnc2)no1)c1ccc(S(=O)(=O)N2CCCC2)cc1. The van der Waals surface area contributed by atoms with Gasteiger partial charge < -0.3 is 9.26 Å². The van der Waals surface area contributed by atoms with Crippen LogP contribution in [0, 0.1) is 0 Å². The Labute approximate surface area is 180 Å². The smallest absolute Gasteiger partial charge is 0.338 e. The summed E-state index contributed by atoms with van der Waals surface area (Å²) in [7, 11) is -3.50. The number of aromatic nitrogens is 3. The summed E-state index contributed by atoms with van der Waals surface area (Å²) in [6.45, 7) is 1.25. The third-order valence-electron chi connectivity index (χ3n) is 4.95. The molecule has 2 aromatic heterocycles. The predicted molar refractivity (Wildman–Crippen MR) is 111 cm³/mol. The molecule has 0 saturated carbocycles. The van der Waals surface area contributed by atoms with Gasteiger partial charge in [0.2, 0.25) is 21.7 Å². The van der Waals surface area contributed by atoms with Crippen LogP contribution in [0.25, 0.3) is 11.4 Å². The van der Waals surface area contributed by atoms with Crippen LogP contribution in [-0.2, 0) is 21.2 Å². The molecule has 1 aliphatic rings. The van der Waals surface area contributed by atoms with Gasteiger partial charge in [-0.15, -0.1) is 0 Å². The highest BCUT2D eigenvalue weighted by atomic mass is 32.2. The molecule has 1 aromatic carbocycles. The van der Waals surface area contributed by atoms with Crippen LogP contribution in [0.4, 0.5) is 0 Å². The molecule has 0 amide bonds. The monoisotopic (exact) mass is 442 g/mol. The number of esters is 1. The molecule has 4 rings (SSSR count). The van der Waals surface area contributed by atoms with Crippen molar-refractivity contribution >= 4 is 16.0 Å². The first-order valence-corrected chi connectivity index (χ1v) is 11.5. The summed E-state index contributed by atoms with van der Waals surface area (Å²) in [6, 6.07) is 9.47. The fraction of sp³-hybridized carbons (Fsp3) is 0.333. The van der Waals surface area contributed by atoms with Gasteiger partial charge in [0.05, 0.1) is 17.1 Å². The van der Waals surface area contributed by atoms with E-state index in [4.69, 9.17) is 9.26 Å². The number of ether oxygens (including phenoxy) is 1. The van der Waals surface area contributed by atoms with Crippen molar-refractivity contribution in [2.75, 3.05) is 19.7 Å². The summed E-state index contributed by atoms with van der Waals surface area (Å²) in [6.07, 6.45) is 6.04. The van der Waals surface area contributed by atoms with E-state index in [1.165, 1.54) is 28.6 Å². The average Bonchev–Trinajstić information content (AvgIpc) is 3.50. The van der Waals surface area contributed by atoms with Gasteiger partial charge >= 0.3 is 5.97 Å². The maximum Gasteiger partial charge on any atom is 0.338 e. The molecule has 0 N–H and O–H groups in total. The molecule has 3 heterocycles. The lowest BCUT2D eigenvalue weighted by atomic mass is 10.2. The van der Waals surface area contributed by atoms with Gasteiger partial charge in [0.25, 0.3) is 0 Å². The lowest BCUT2D eigenvalue weighted by molar-refractivity contribution is 0.0498. The van der Waals surface area contributed by atoms with Crippen LogP contribution in [0.15, 0.2) is 58.2 Å². The second-order valence-electron chi connectivity index (χ2n) is 7.13. The van der Waals surface area contributed by atoms with E-state index < -0.39 is 16.0 Å². The summed E-state index contributed by atoms with van der Waals surface area (Å²) < 4.78 is 37.0. The third kappa shape index (κ3) is 4.97. The standard InChI is InChI=1S/C21H22N4O5S/c26-21(16-7-9-18(10-8-16)31(27,28)25-12-1-2-13-25)29-14-4-6-19-23-20(24-30-19)17-5-3-11-22-15-17/h3,5,7-11,15H,1-2,4,6,12-14H2. The van der Waals surface area contributed by atoms with E-state index in [-0.39, 0.29) is 11.5 Å². The number of rotatable bonds is 8. The average molecular weight is 442 g/mol. The third-order valence-corrected chi connectivity index (χ3v) is 6.86. The van der Waals surface area contributed by atoms with Crippen LogP contribution in [0.3, 0.4) is 0 Å². The first kappa shape index (κ1) is 21.1. The number of aryl methyl sites for hydroxylation is 1. The number of carbonyl (C=O) groups excluding carboxylic acids is 1. The molecule has 0 unspecified atom stereocenters. The molecule has 31 heavy (non-hydrogen) atoms. The molecule has 0 atom stereocenters. The summed E-state index contributed by atoms with van der Waals surface area (Å²) in [5, 5.41) is 3.92. The predicted octanol–water partition coefficient (Wildman–Crippen LogP) is 2.71. The van der Waals surface area contributed by atoms with Crippen LogP contribution >= 0.6 is 0 Å². The van der Waals surface area contributed by atoms with Crippen molar-refractivity contribution in [1.82, 2.24) is 19.4 Å². The maximum atomic E-state index is 12.5. The van der Waals surface area contributed by atoms with Crippen molar-refractivity contribution < 1.29 is 22.5 Å². The minimum Gasteiger partial charge on any atom is -0.462 e. The number of hydrogen-bond acceptors (Lipinski definition) is 8. The number of hydrogen-bond donors (Lipinski definition) is 0. The summed E-state index contributed by atoms with van der Waals surface area (Å²) >= 11 is 0. The molecule has 1 fully saturated rings. The van der Waals surface area contributed by atoms with E-state index >= 15 is 0 Å². The van der Waals surface area contributed by atoms with E-state index in [2.05, 4.69) is 15.1 Å². The number of carbonyl (C=O) groups is 1. The number of benzene rings is 1. The second-order valence-corrected chi connectivity index (χ2v) is 9.07. The van der Waals surface area contributed by atoms with E-state index in [9.17, 15) is 13.2 Å². The van der Waals surface area contributed by atoms with Crippen LogP contribution < -0.4 is 0 Å². The fourth-order valence-corrected chi connectivity index (χ4v) is 4.80. The zero-order valence-electron chi connectivity index (χ0n) is 16.8. The Morgan fingerprint density at radius 1 is 1.13 bits per heavy atom. The zero-order chi connectivity index (χ0) is 21.7. The summed E-state index contributed by atoms with van der Waals surface area (Å²) in [5.74, 6) is 0.405. The van der Waals surface area contributed by atoms with Crippen LogP contribution in [0.2, 0.25) is 0 Å². The Morgan fingerprint density at radius 2 is 1.90 bits per heavy atom. The Morgan fingerprint density at radius 3 is 2.61 bits per heavy atom. The van der Waals surface area contributed by atoms with Crippen molar-refractivity contribution in [2.24, 2.45) is 0 Å². The quantitative estimate of drug-likeness (QED) is 0.386. The zero-order valence-corrected chi connectivity index (χ0v) is 17.6. The van der Waals surface area contributed by atoms with Crippen LogP contribution in [0.1, 0.15) is 35.5 Å². The highest BCUT2D eigenvalue weighted by molar-refractivity contribution is 7.89. The largest absolute Gasteiger partial charge is 0.462 e. The van der Waals surface area contributed by atoms with Gasteiger partial charge in [-0.3, -0.25) is 4.98 Å². The highest BCUT2D eigenvalue weighted by Gasteiger charge is 2.27. The van der Waals surface area contributed by atoms with E-state index in [0.717, 1.165) is 18.4 Å². The maximum absolute atomic E-state index is 12.5. The van der Waals surface area contributed by atoms with Crippen molar-refractivity contribution in [3.63, 3.8) is 0 Å². The number of nitrogens with zero attached hydrogens (tertiary/aromatic N) is 4. The molecule has 1 aliphatic heterocycles. The number of pyridine rings is 1. The lowest BCUT2D eigenvalue weighted by Crippen LogP contribution is -2.27. The fourth-order valence-electron chi connectivity index (χ4n) is 3.28. The molecule has 0 radical (unpaired) electrons. The van der Waals surface area contributed by atoms with Crippen molar-refractivity contribution in [1.29, 1.82) is 0 Å². The summed E-state index contributed by atoms with van der Waals surface area (Å²) in [5.41, 5.74) is 1.07. The van der Waals surface area contributed by atoms with Gasteiger partial charge in [0.15, 0.2) is 0 Å². The van der Waals surface area contributed by atoms with Gasteiger partial charge in [-0.2, -0.15) is 9.29 Å². The molecule has 0 aliphatic carbocycles. The van der Waals surface area contributed by atoms with Gasteiger partial charge in [-0.05, 0) is 55.7 Å². The minimum atomic E-state index is -3.50. The Kier molecular flexibility index (Phi) is 6.38. The normalized spacial score (nSPS) is 14.6. The first-order valence-electron chi connectivity index (χ1n) is 10.0.